The first-order valence-electron chi connectivity index (χ1n) is 6.25. The van der Waals surface area contributed by atoms with Crippen molar-refractivity contribution in [3.8, 4) is 11.5 Å². The molecule has 0 spiro atoms. The normalized spacial score (nSPS) is 11.9. The van der Waals surface area contributed by atoms with E-state index in [1.165, 1.54) is 30.3 Å². The van der Waals surface area contributed by atoms with Gasteiger partial charge in [0.25, 0.3) is 0 Å². The molecule has 0 aliphatic heterocycles. The zero-order valence-electron chi connectivity index (χ0n) is 11.3. The van der Waals surface area contributed by atoms with Crippen LogP contribution in [0.2, 0.25) is 0 Å². The lowest BCUT2D eigenvalue weighted by Crippen LogP contribution is -2.13. The molecular weight excluding hydrogens is 275 g/mol. The number of carbonyl (C=O) groups excluding carboxylic acids is 1. The molecule has 2 aromatic carbocycles. The molecule has 0 radical (unpaired) electrons. The van der Waals surface area contributed by atoms with E-state index in [1.807, 2.05) is 0 Å². The monoisotopic (exact) mass is 290 g/mol. The maximum absolute atomic E-state index is 13.8. The number of nitrogens with one attached hydrogen (secondary N) is 1. The topological polar surface area (TPSA) is 95.6 Å². The Bertz CT molecular complexity index is 668. The number of rotatable bonds is 4. The lowest BCUT2D eigenvalue weighted by molar-refractivity contribution is 0.100. The largest absolute Gasteiger partial charge is 0.508 e. The zero-order valence-corrected chi connectivity index (χ0v) is 11.3. The van der Waals surface area contributed by atoms with E-state index in [2.05, 4.69) is 5.32 Å². The van der Waals surface area contributed by atoms with E-state index in [1.54, 1.807) is 6.92 Å². The molecule has 5 nitrogen and oxygen atoms in total. The second-order valence-electron chi connectivity index (χ2n) is 4.71. The summed E-state index contributed by atoms with van der Waals surface area (Å²) in [4.78, 5) is 11.1. The summed E-state index contributed by atoms with van der Waals surface area (Å²) in [5.74, 6) is -1.37. The first-order valence-corrected chi connectivity index (χ1v) is 6.25. The Morgan fingerprint density at radius 1 is 1.19 bits per heavy atom. The molecule has 1 atom stereocenters. The van der Waals surface area contributed by atoms with Crippen LogP contribution >= 0.6 is 0 Å². The Labute approximate surface area is 120 Å². The van der Waals surface area contributed by atoms with E-state index in [0.29, 0.717) is 5.56 Å². The number of halogens is 1. The summed E-state index contributed by atoms with van der Waals surface area (Å²) in [5, 5.41) is 21.8. The van der Waals surface area contributed by atoms with Gasteiger partial charge in [0.2, 0.25) is 5.91 Å². The van der Waals surface area contributed by atoms with Crippen LogP contribution in [0.3, 0.4) is 0 Å². The first kappa shape index (κ1) is 14.6. The van der Waals surface area contributed by atoms with Gasteiger partial charge in [-0.25, -0.2) is 4.39 Å². The minimum Gasteiger partial charge on any atom is -0.508 e. The van der Waals surface area contributed by atoms with Gasteiger partial charge in [-0.3, -0.25) is 4.79 Å². The van der Waals surface area contributed by atoms with Gasteiger partial charge >= 0.3 is 0 Å². The van der Waals surface area contributed by atoms with Crippen LogP contribution in [-0.2, 0) is 0 Å². The molecule has 0 bridgehead atoms. The number of primary amides is 1. The zero-order chi connectivity index (χ0) is 15.6. The Kier molecular flexibility index (Phi) is 3.98. The smallest absolute Gasteiger partial charge is 0.248 e. The average Bonchev–Trinajstić information content (AvgIpc) is 2.39. The van der Waals surface area contributed by atoms with Crippen molar-refractivity contribution < 1.29 is 19.4 Å². The van der Waals surface area contributed by atoms with Crippen LogP contribution in [0.4, 0.5) is 10.1 Å². The number of carbonyl (C=O) groups is 1. The third kappa shape index (κ3) is 3.42. The average molecular weight is 290 g/mol. The van der Waals surface area contributed by atoms with Gasteiger partial charge < -0.3 is 21.3 Å². The summed E-state index contributed by atoms with van der Waals surface area (Å²) in [6.07, 6.45) is 0. The molecule has 0 fully saturated rings. The summed E-state index contributed by atoms with van der Waals surface area (Å²) in [7, 11) is 0. The molecule has 0 heterocycles. The molecule has 2 aromatic rings. The van der Waals surface area contributed by atoms with Crippen LogP contribution in [-0.4, -0.2) is 16.1 Å². The van der Waals surface area contributed by atoms with E-state index >= 15 is 0 Å². The molecule has 21 heavy (non-hydrogen) atoms. The number of benzene rings is 2. The number of phenolic OH excluding ortho intramolecular Hbond substituents is 2. The van der Waals surface area contributed by atoms with E-state index < -0.39 is 17.8 Å². The lowest BCUT2D eigenvalue weighted by atomic mass is 10.1. The summed E-state index contributed by atoms with van der Waals surface area (Å²) in [6.45, 7) is 1.73. The maximum atomic E-state index is 13.8. The Balaban J connectivity index is 2.28. The van der Waals surface area contributed by atoms with Crippen LogP contribution in [0.5, 0.6) is 11.5 Å². The molecule has 0 aliphatic rings. The van der Waals surface area contributed by atoms with Crippen molar-refractivity contribution in [3.05, 3.63) is 53.3 Å². The second kappa shape index (κ2) is 5.70. The van der Waals surface area contributed by atoms with Gasteiger partial charge in [0.05, 0.1) is 5.69 Å². The molecule has 0 saturated carbocycles. The highest BCUT2D eigenvalue weighted by molar-refractivity contribution is 5.93. The number of nitrogens with two attached hydrogens (primary N) is 1. The predicted molar refractivity (Wildman–Crippen MR) is 76.7 cm³/mol. The third-order valence-corrected chi connectivity index (χ3v) is 3.05. The van der Waals surface area contributed by atoms with Crippen LogP contribution in [0.25, 0.3) is 0 Å². The highest BCUT2D eigenvalue weighted by atomic mass is 19.1. The number of phenols is 2. The third-order valence-electron chi connectivity index (χ3n) is 3.05. The summed E-state index contributed by atoms with van der Waals surface area (Å²) in [6, 6.07) is 7.46. The molecule has 110 valence electrons. The highest BCUT2D eigenvalue weighted by Gasteiger charge is 2.12. The first-order chi connectivity index (χ1) is 9.86. The number of hydrogen-bond acceptors (Lipinski definition) is 4. The van der Waals surface area contributed by atoms with E-state index in [-0.39, 0.29) is 22.7 Å². The standard InChI is InChI=1S/C15H15FN2O3/c1-8(10-4-11(19)7-12(20)5-10)18-14-6-9(15(17)21)2-3-13(14)16/h2-8,18-20H,1H3,(H2,17,21). The maximum Gasteiger partial charge on any atom is 0.248 e. The van der Waals surface area contributed by atoms with E-state index in [4.69, 9.17) is 5.73 Å². The van der Waals surface area contributed by atoms with Gasteiger partial charge in [-0.05, 0) is 42.8 Å². The number of aromatic hydroxyl groups is 2. The fourth-order valence-corrected chi connectivity index (χ4v) is 1.97. The van der Waals surface area contributed by atoms with Gasteiger partial charge in [-0.15, -0.1) is 0 Å². The Morgan fingerprint density at radius 3 is 2.38 bits per heavy atom. The summed E-state index contributed by atoms with van der Waals surface area (Å²) in [5.41, 5.74) is 6.02. The van der Waals surface area contributed by atoms with Crippen molar-refractivity contribution >= 4 is 11.6 Å². The Morgan fingerprint density at radius 2 is 1.81 bits per heavy atom. The molecule has 0 saturated heterocycles. The number of hydrogen-bond donors (Lipinski definition) is 4. The van der Waals surface area contributed by atoms with E-state index in [9.17, 15) is 19.4 Å². The molecule has 6 heteroatoms. The van der Waals surface area contributed by atoms with Gasteiger partial charge in [0.15, 0.2) is 0 Å². The van der Waals surface area contributed by atoms with Crippen molar-refractivity contribution in [2.24, 2.45) is 5.73 Å². The van der Waals surface area contributed by atoms with Crippen molar-refractivity contribution in [3.63, 3.8) is 0 Å². The van der Waals surface area contributed by atoms with Gasteiger partial charge in [0.1, 0.15) is 17.3 Å². The van der Waals surface area contributed by atoms with Crippen LogP contribution in [0.15, 0.2) is 36.4 Å². The SMILES string of the molecule is CC(Nc1cc(C(N)=O)ccc1F)c1cc(O)cc(O)c1. The van der Waals surface area contributed by atoms with Crippen molar-refractivity contribution in [1.82, 2.24) is 0 Å². The molecule has 2 rings (SSSR count). The molecule has 0 aromatic heterocycles. The predicted octanol–water partition coefficient (Wildman–Crippen LogP) is 2.51. The minimum atomic E-state index is -0.652. The van der Waals surface area contributed by atoms with Crippen molar-refractivity contribution in [2.45, 2.75) is 13.0 Å². The van der Waals surface area contributed by atoms with Crippen LogP contribution in [0, 0.1) is 5.82 Å². The van der Waals surface area contributed by atoms with Crippen molar-refractivity contribution in [1.29, 1.82) is 0 Å². The molecule has 1 amide bonds. The summed E-state index contributed by atoms with van der Waals surface area (Å²) < 4.78 is 13.8. The van der Waals surface area contributed by atoms with Gasteiger partial charge in [0, 0.05) is 17.7 Å². The lowest BCUT2D eigenvalue weighted by Gasteiger charge is -2.17. The number of anilines is 1. The van der Waals surface area contributed by atoms with Gasteiger partial charge in [-0.2, -0.15) is 0 Å². The quantitative estimate of drug-likeness (QED) is 0.695. The molecule has 1 unspecified atom stereocenters. The fourth-order valence-electron chi connectivity index (χ4n) is 1.97. The summed E-state index contributed by atoms with van der Waals surface area (Å²) >= 11 is 0. The van der Waals surface area contributed by atoms with E-state index in [0.717, 1.165) is 6.07 Å². The highest BCUT2D eigenvalue weighted by Crippen LogP contribution is 2.28. The Hall–Kier alpha value is -2.76. The molecule has 0 aliphatic carbocycles. The van der Waals surface area contributed by atoms with Gasteiger partial charge in [-0.1, -0.05) is 0 Å². The van der Waals surface area contributed by atoms with Crippen molar-refractivity contribution in [2.75, 3.05) is 5.32 Å². The molecular formula is C15H15FN2O3. The second-order valence-corrected chi connectivity index (χ2v) is 4.71. The van der Waals surface area contributed by atoms with Crippen LogP contribution in [0.1, 0.15) is 28.9 Å². The van der Waals surface area contributed by atoms with Crippen LogP contribution < -0.4 is 11.1 Å². The fraction of sp³-hybridized carbons (Fsp3) is 0.133. The molecule has 5 N–H and O–H groups in total. The minimum absolute atomic E-state index is 0.0926. The number of amides is 1.